The quantitative estimate of drug-likeness (QED) is 0.705. The van der Waals surface area contributed by atoms with Gasteiger partial charge in [0.25, 0.3) is 0 Å². The molecule has 4 heteroatoms. The van der Waals surface area contributed by atoms with Gasteiger partial charge in [-0.15, -0.1) is 0 Å². The molecule has 2 heterocycles. The van der Waals surface area contributed by atoms with Crippen LogP contribution in [0.1, 0.15) is 11.1 Å². The molecule has 0 N–H and O–H groups in total. The van der Waals surface area contributed by atoms with Gasteiger partial charge in [0.1, 0.15) is 0 Å². The average Bonchev–Trinajstić information content (AvgIpc) is 3.17. The van der Waals surface area contributed by atoms with Crippen LogP contribution in [0.4, 0.5) is 0 Å². The summed E-state index contributed by atoms with van der Waals surface area (Å²) in [5, 5.41) is 2.64. The van der Waals surface area contributed by atoms with Crippen molar-refractivity contribution in [3.63, 3.8) is 0 Å². The minimum absolute atomic E-state index is 0.340. The fourth-order valence-electron chi connectivity index (χ4n) is 4.00. The van der Waals surface area contributed by atoms with E-state index in [1.807, 2.05) is 6.07 Å². The fraction of sp³-hybridized carbons (Fsp3) is 0.304. The molecule has 0 amide bonds. The predicted octanol–water partition coefficient (Wildman–Crippen LogP) is 3.89. The number of hydrogen-bond donors (Lipinski definition) is 0. The number of piperazine rings is 1. The molecule has 0 radical (unpaired) electrons. The normalized spacial score (nSPS) is 17.5. The largest absolute Gasteiger partial charge is 0.454 e. The predicted molar refractivity (Wildman–Crippen MR) is 107 cm³/mol. The molecule has 0 aromatic heterocycles. The summed E-state index contributed by atoms with van der Waals surface area (Å²) >= 11 is 0. The summed E-state index contributed by atoms with van der Waals surface area (Å²) in [6.07, 6.45) is 0. The summed E-state index contributed by atoms with van der Waals surface area (Å²) in [6.45, 7) is 6.76. The van der Waals surface area contributed by atoms with Gasteiger partial charge in [0.2, 0.25) is 6.79 Å². The van der Waals surface area contributed by atoms with Gasteiger partial charge in [0, 0.05) is 39.3 Å². The van der Waals surface area contributed by atoms with Crippen LogP contribution in [0, 0.1) is 0 Å². The van der Waals surface area contributed by atoms with Gasteiger partial charge in [0.15, 0.2) is 11.5 Å². The van der Waals surface area contributed by atoms with Gasteiger partial charge in [-0.3, -0.25) is 9.80 Å². The molecule has 1 saturated heterocycles. The van der Waals surface area contributed by atoms with Gasteiger partial charge >= 0.3 is 0 Å². The third kappa shape index (κ3) is 3.64. The molecule has 0 spiro atoms. The van der Waals surface area contributed by atoms with E-state index in [-0.39, 0.29) is 0 Å². The highest BCUT2D eigenvalue weighted by atomic mass is 16.7. The topological polar surface area (TPSA) is 24.9 Å². The summed E-state index contributed by atoms with van der Waals surface area (Å²) in [5.74, 6) is 1.74. The number of rotatable bonds is 4. The van der Waals surface area contributed by atoms with Crippen LogP contribution in [0.5, 0.6) is 11.5 Å². The number of benzene rings is 3. The molecule has 0 saturated carbocycles. The monoisotopic (exact) mass is 360 g/mol. The second-order valence-electron chi connectivity index (χ2n) is 7.42. The van der Waals surface area contributed by atoms with E-state index < -0.39 is 0 Å². The molecule has 2 aliphatic rings. The van der Waals surface area contributed by atoms with Crippen LogP contribution in [0.2, 0.25) is 0 Å². The van der Waals surface area contributed by atoms with E-state index in [1.165, 1.54) is 21.9 Å². The maximum Gasteiger partial charge on any atom is 0.231 e. The van der Waals surface area contributed by atoms with Gasteiger partial charge in [-0.2, -0.15) is 0 Å². The lowest BCUT2D eigenvalue weighted by atomic mass is 10.1. The molecule has 3 aromatic rings. The Morgan fingerprint density at radius 1 is 0.630 bits per heavy atom. The van der Waals surface area contributed by atoms with Gasteiger partial charge in [-0.05, 0) is 40.1 Å². The van der Waals surface area contributed by atoms with Crippen molar-refractivity contribution in [3.05, 3.63) is 71.8 Å². The highest BCUT2D eigenvalue weighted by Gasteiger charge is 2.19. The van der Waals surface area contributed by atoms with E-state index >= 15 is 0 Å². The zero-order valence-corrected chi connectivity index (χ0v) is 15.4. The summed E-state index contributed by atoms with van der Waals surface area (Å²) in [6, 6.07) is 21.7. The van der Waals surface area contributed by atoms with E-state index in [9.17, 15) is 0 Å². The maximum absolute atomic E-state index is 5.49. The zero-order chi connectivity index (χ0) is 18.1. The van der Waals surface area contributed by atoms with Gasteiger partial charge in [-0.1, -0.05) is 42.5 Å². The first kappa shape index (κ1) is 16.6. The fourth-order valence-corrected chi connectivity index (χ4v) is 4.00. The van der Waals surface area contributed by atoms with Gasteiger partial charge in [0.05, 0.1) is 0 Å². The highest BCUT2D eigenvalue weighted by molar-refractivity contribution is 5.82. The molecular weight excluding hydrogens is 336 g/mol. The summed E-state index contributed by atoms with van der Waals surface area (Å²) in [4.78, 5) is 5.08. The Balaban J connectivity index is 1.17. The lowest BCUT2D eigenvalue weighted by Crippen LogP contribution is -2.45. The molecule has 138 valence electrons. The Hall–Kier alpha value is -2.56. The lowest BCUT2D eigenvalue weighted by molar-refractivity contribution is 0.122. The Bertz CT molecular complexity index is 948. The number of hydrogen-bond acceptors (Lipinski definition) is 4. The molecule has 27 heavy (non-hydrogen) atoms. The van der Waals surface area contributed by atoms with Crippen molar-refractivity contribution in [2.45, 2.75) is 13.1 Å². The Labute approximate surface area is 159 Å². The van der Waals surface area contributed by atoms with Gasteiger partial charge < -0.3 is 9.47 Å². The van der Waals surface area contributed by atoms with Crippen molar-refractivity contribution in [1.82, 2.24) is 9.80 Å². The first-order valence-electron chi connectivity index (χ1n) is 9.64. The third-order valence-electron chi connectivity index (χ3n) is 5.53. The molecular formula is C23H24N2O2. The first-order valence-corrected chi connectivity index (χ1v) is 9.64. The molecule has 0 atom stereocenters. The van der Waals surface area contributed by atoms with Crippen molar-refractivity contribution < 1.29 is 9.47 Å². The van der Waals surface area contributed by atoms with E-state index in [0.29, 0.717) is 6.79 Å². The Kier molecular flexibility index (Phi) is 4.44. The van der Waals surface area contributed by atoms with Crippen LogP contribution in [-0.4, -0.2) is 42.8 Å². The Morgan fingerprint density at radius 3 is 2.04 bits per heavy atom. The minimum Gasteiger partial charge on any atom is -0.454 e. The lowest BCUT2D eigenvalue weighted by Gasteiger charge is -2.34. The highest BCUT2D eigenvalue weighted by Crippen LogP contribution is 2.32. The molecule has 1 fully saturated rings. The molecule has 0 bridgehead atoms. The average molecular weight is 360 g/mol. The van der Waals surface area contributed by atoms with Crippen LogP contribution >= 0.6 is 0 Å². The molecule has 0 unspecified atom stereocenters. The standard InChI is InChI=1S/C23H24N2O2/c1-2-4-21-13-18(5-7-20(21)3-1)15-24-9-11-25(12-10-24)16-19-6-8-22-23(14-19)27-17-26-22/h1-8,13-14H,9-12,15-17H2. The van der Waals surface area contributed by atoms with Crippen molar-refractivity contribution >= 4 is 10.8 Å². The van der Waals surface area contributed by atoms with Crippen LogP contribution < -0.4 is 9.47 Å². The second-order valence-corrected chi connectivity index (χ2v) is 7.42. The Morgan fingerprint density at radius 2 is 1.26 bits per heavy atom. The number of nitrogens with zero attached hydrogens (tertiary/aromatic N) is 2. The third-order valence-corrected chi connectivity index (χ3v) is 5.53. The van der Waals surface area contributed by atoms with E-state index in [4.69, 9.17) is 9.47 Å². The van der Waals surface area contributed by atoms with Crippen molar-refractivity contribution in [2.24, 2.45) is 0 Å². The summed E-state index contributed by atoms with van der Waals surface area (Å²) in [7, 11) is 0. The zero-order valence-electron chi connectivity index (χ0n) is 15.4. The second kappa shape index (κ2) is 7.22. The minimum atomic E-state index is 0.340. The summed E-state index contributed by atoms with van der Waals surface area (Å²) < 4.78 is 10.9. The van der Waals surface area contributed by atoms with E-state index in [1.54, 1.807) is 0 Å². The molecule has 4 nitrogen and oxygen atoms in total. The van der Waals surface area contributed by atoms with Crippen molar-refractivity contribution in [3.8, 4) is 11.5 Å². The maximum atomic E-state index is 5.49. The molecule has 0 aliphatic carbocycles. The number of ether oxygens (including phenoxy) is 2. The number of fused-ring (bicyclic) bond motifs is 2. The van der Waals surface area contributed by atoms with E-state index in [0.717, 1.165) is 50.8 Å². The summed E-state index contributed by atoms with van der Waals surface area (Å²) in [5.41, 5.74) is 2.69. The van der Waals surface area contributed by atoms with Crippen molar-refractivity contribution in [2.75, 3.05) is 33.0 Å². The molecule has 5 rings (SSSR count). The van der Waals surface area contributed by atoms with Crippen molar-refractivity contribution in [1.29, 1.82) is 0 Å². The van der Waals surface area contributed by atoms with Crippen LogP contribution in [0.25, 0.3) is 10.8 Å². The van der Waals surface area contributed by atoms with Gasteiger partial charge in [-0.25, -0.2) is 0 Å². The van der Waals surface area contributed by atoms with Crippen LogP contribution in [0.3, 0.4) is 0 Å². The molecule has 2 aliphatic heterocycles. The smallest absolute Gasteiger partial charge is 0.231 e. The molecule has 3 aromatic carbocycles. The SMILES string of the molecule is c1ccc2cc(CN3CCN(Cc4ccc5c(c4)OCO5)CC3)ccc2c1. The van der Waals surface area contributed by atoms with Crippen LogP contribution in [-0.2, 0) is 13.1 Å². The van der Waals surface area contributed by atoms with Crippen LogP contribution in [0.15, 0.2) is 60.7 Å². The first-order chi connectivity index (χ1) is 13.3. The van der Waals surface area contributed by atoms with E-state index in [2.05, 4.69) is 64.4 Å².